The average molecular weight is 621 g/mol. The van der Waals surface area contributed by atoms with Crippen LogP contribution >= 0.6 is 0 Å². The number of nitrogens with zero attached hydrogens (tertiary/aromatic N) is 6. The van der Waals surface area contributed by atoms with E-state index in [4.69, 9.17) is 9.47 Å². The van der Waals surface area contributed by atoms with E-state index in [1.807, 2.05) is 32.2 Å². The van der Waals surface area contributed by atoms with Crippen LogP contribution in [0.1, 0.15) is 35.8 Å². The van der Waals surface area contributed by atoms with E-state index in [1.54, 1.807) is 23.0 Å². The van der Waals surface area contributed by atoms with Gasteiger partial charge in [0.25, 0.3) is 5.91 Å². The lowest BCUT2D eigenvalue weighted by molar-refractivity contribution is -0.0618. The molecule has 4 aliphatic heterocycles. The number of carbonyl (C=O) groups is 1. The van der Waals surface area contributed by atoms with Gasteiger partial charge in [-0.15, -0.1) is 0 Å². The maximum Gasteiger partial charge on any atom is 0.280 e. The van der Waals surface area contributed by atoms with Crippen LogP contribution in [0, 0.1) is 12.8 Å². The van der Waals surface area contributed by atoms with Gasteiger partial charge in [-0.25, -0.2) is 4.68 Å². The average Bonchev–Trinajstić information content (AvgIpc) is 3.49. The molecule has 2 bridgehead atoms. The van der Waals surface area contributed by atoms with Crippen molar-refractivity contribution in [3.63, 3.8) is 0 Å². The molecule has 2 fully saturated rings. The van der Waals surface area contributed by atoms with Crippen molar-refractivity contribution in [3.8, 4) is 17.1 Å². The fourth-order valence-corrected chi connectivity index (χ4v) is 8.54. The number of guanidine groups is 1. The number of aliphatic imine (C=N–C) groups is 1. The number of aryl methyl sites for hydroxylation is 2. The van der Waals surface area contributed by atoms with Crippen molar-refractivity contribution >= 4 is 39.0 Å². The van der Waals surface area contributed by atoms with Gasteiger partial charge in [-0.1, -0.05) is 6.92 Å². The summed E-state index contributed by atoms with van der Waals surface area (Å²) in [4.78, 5) is 27.4. The Hall–Kier alpha value is -3.81. The number of hydrogen-bond acceptors (Lipinski definition) is 9. The molecule has 2 aromatic heterocycles. The zero-order valence-corrected chi connectivity index (χ0v) is 26.3. The zero-order valence-electron chi connectivity index (χ0n) is 25.5. The molecule has 2 saturated heterocycles. The highest BCUT2D eigenvalue weighted by Gasteiger charge is 2.33. The molecule has 1 unspecified atom stereocenters. The van der Waals surface area contributed by atoms with Gasteiger partial charge in [0.1, 0.15) is 0 Å². The summed E-state index contributed by atoms with van der Waals surface area (Å²) in [5, 5.41) is 7.76. The van der Waals surface area contributed by atoms with Gasteiger partial charge in [-0.2, -0.15) is 10.1 Å². The smallest absolute Gasteiger partial charge is 0.280 e. The summed E-state index contributed by atoms with van der Waals surface area (Å²) in [6, 6.07) is 9.93. The monoisotopic (exact) mass is 620 g/mol. The summed E-state index contributed by atoms with van der Waals surface area (Å²) >= 11 is 0. The first kappa shape index (κ1) is 28.9. The quantitative estimate of drug-likeness (QED) is 0.379. The van der Waals surface area contributed by atoms with Crippen LogP contribution in [0.3, 0.4) is 0 Å². The fourth-order valence-electron chi connectivity index (χ4n) is 6.32. The van der Waals surface area contributed by atoms with Gasteiger partial charge < -0.3 is 24.4 Å². The second-order valence-corrected chi connectivity index (χ2v) is 15.2. The molecule has 3 aromatic rings. The van der Waals surface area contributed by atoms with Crippen LogP contribution in [0.15, 0.2) is 41.5 Å². The number of rotatable bonds is 3. The number of thiol groups is 1. The summed E-state index contributed by atoms with van der Waals surface area (Å²) in [5.74, 6) is 2.31. The Morgan fingerprint density at radius 3 is 2.73 bits per heavy atom. The van der Waals surface area contributed by atoms with Crippen LogP contribution in [0.5, 0.6) is 5.88 Å². The van der Waals surface area contributed by atoms with Crippen molar-refractivity contribution in [1.29, 1.82) is 0 Å². The van der Waals surface area contributed by atoms with Gasteiger partial charge in [0, 0.05) is 55.1 Å². The van der Waals surface area contributed by atoms with Crippen LogP contribution < -0.4 is 19.7 Å². The van der Waals surface area contributed by atoms with Gasteiger partial charge in [-0.05, 0) is 66.1 Å². The van der Waals surface area contributed by atoms with E-state index in [1.165, 1.54) is 0 Å². The number of pyridine rings is 1. The van der Waals surface area contributed by atoms with E-state index in [2.05, 4.69) is 41.8 Å². The number of amides is 1. The van der Waals surface area contributed by atoms with E-state index in [-0.39, 0.29) is 11.8 Å². The maximum absolute atomic E-state index is 13.8. The molecule has 1 atom stereocenters. The largest absolute Gasteiger partial charge is 0.477 e. The molecule has 7 rings (SSSR count). The molecule has 0 aliphatic carbocycles. The molecule has 2 N–H and O–H groups in total. The molecular weight excluding hydrogens is 580 g/mol. The van der Waals surface area contributed by atoms with Crippen LogP contribution in [-0.2, 0) is 21.9 Å². The van der Waals surface area contributed by atoms with Crippen molar-refractivity contribution < 1.29 is 18.5 Å². The fraction of sp³-hybridized carbons (Fsp3) is 0.484. The number of fused-ring (bicyclic) bond motifs is 7. The predicted molar refractivity (Wildman–Crippen MR) is 173 cm³/mol. The first-order chi connectivity index (χ1) is 21.2. The van der Waals surface area contributed by atoms with Crippen molar-refractivity contribution in [3.05, 3.63) is 47.8 Å². The van der Waals surface area contributed by atoms with Crippen molar-refractivity contribution in [2.75, 3.05) is 65.9 Å². The Bertz CT molecular complexity index is 1660. The lowest BCUT2D eigenvalue weighted by Gasteiger charge is -2.43. The number of nitrogens with one attached hydrogen (secondary N) is 2. The second kappa shape index (κ2) is 11.6. The van der Waals surface area contributed by atoms with Crippen molar-refractivity contribution in [2.24, 2.45) is 18.0 Å². The maximum atomic E-state index is 13.8. The van der Waals surface area contributed by atoms with Crippen LogP contribution in [0.2, 0.25) is 0 Å². The highest BCUT2D eigenvalue weighted by atomic mass is 32.3. The Morgan fingerprint density at radius 1 is 1.14 bits per heavy atom. The molecule has 1 amide bonds. The van der Waals surface area contributed by atoms with Gasteiger partial charge in [0.2, 0.25) is 11.8 Å². The Balaban J connectivity index is 1.17. The summed E-state index contributed by atoms with van der Waals surface area (Å²) in [5.41, 5.74) is 5.11. The minimum atomic E-state index is -2.58. The van der Waals surface area contributed by atoms with Crippen molar-refractivity contribution in [1.82, 2.24) is 19.7 Å². The first-order valence-corrected chi connectivity index (χ1v) is 17.5. The van der Waals surface area contributed by atoms with Gasteiger partial charge >= 0.3 is 0 Å². The Kier molecular flexibility index (Phi) is 7.63. The number of anilines is 3. The Labute approximate surface area is 258 Å². The van der Waals surface area contributed by atoms with Crippen molar-refractivity contribution in [2.45, 2.75) is 32.7 Å². The topological polar surface area (TPSA) is 126 Å². The molecule has 0 saturated carbocycles. The molecule has 4 aliphatic rings. The molecule has 13 heteroatoms. The van der Waals surface area contributed by atoms with E-state index >= 15 is 0 Å². The molecule has 12 nitrogen and oxygen atoms in total. The predicted octanol–water partition coefficient (Wildman–Crippen LogP) is 3.09. The number of carbonyl (C=O) groups excluding carboxylic acids is 1. The first-order valence-electron chi connectivity index (χ1n) is 15.4. The molecule has 6 heterocycles. The third kappa shape index (κ3) is 5.71. The minimum absolute atomic E-state index is 0.280. The van der Waals surface area contributed by atoms with E-state index in [0.717, 1.165) is 61.8 Å². The second-order valence-electron chi connectivity index (χ2n) is 12.3. The summed E-state index contributed by atoms with van der Waals surface area (Å²) in [6.07, 6.45) is 3.50. The zero-order chi connectivity index (χ0) is 30.4. The van der Waals surface area contributed by atoms with Gasteiger partial charge in [-0.3, -0.25) is 18.9 Å². The lowest BCUT2D eigenvalue weighted by Crippen LogP contribution is -2.56. The third-order valence-electron chi connectivity index (χ3n) is 8.90. The molecule has 0 radical (unpaired) electrons. The SMILES string of the molecule is Cc1cc2cc(n1)-c1cnn(C)c1OCCCC(C)CN1/C(=N/C2=O)Nc2ccc(N[SH]3(=O)CCN(C4COC4)CC3)cc21. The van der Waals surface area contributed by atoms with E-state index in [9.17, 15) is 9.00 Å². The van der Waals surface area contributed by atoms with Crippen LogP contribution in [0.25, 0.3) is 11.3 Å². The summed E-state index contributed by atoms with van der Waals surface area (Å²) < 4.78 is 30.5. The normalized spacial score (nSPS) is 24.2. The molecule has 1 aromatic carbocycles. The molecular formula is C31H40N8O4S. The number of hydrogen-bond donors (Lipinski definition) is 3. The Morgan fingerprint density at radius 2 is 1.95 bits per heavy atom. The minimum Gasteiger partial charge on any atom is -0.477 e. The number of ether oxygens (including phenoxy) is 2. The van der Waals surface area contributed by atoms with E-state index < -0.39 is 10.1 Å². The van der Waals surface area contributed by atoms with Crippen LogP contribution in [0.4, 0.5) is 17.1 Å². The highest BCUT2D eigenvalue weighted by molar-refractivity contribution is 8.04. The van der Waals surface area contributed by atoms with Crippen LogP contribution in [-0.4, -0.2) is 92.7 Å². The summed E-state index contributed by atoms with van der Waals surface area (Å²) in [6.45, 7) is 8.43. The standard InChI is InChI=1S/C31H40N8O4S/c1-20-5-4-10-43-30-25(16-32-37(30)3)27-14-22(13-21(2)33-27)29(40)35-31-34-26-7-6-23(15-28(26)39(31)17-20)36-44(41)11-8-38(9-12-44)24-18-42-19-24/h6-7,13-16,20,24,44H,4-5,8-12,17-19H2,1-3H3,(H,36,41)(H,34,35,40). The number of benzene rings is 1. The lowest BCUT2D eigenvalue weighted by atomic mass is 10.1. The third-order valence-corrected chi connectivity index (χ3v) is 11.4. The van der Waals surface area contributed by atoms with Gasteiger partial charge in [0.05, 0.1) is 54.7 Å². The van der Waals surface area contributed by atoms with Gasteiger partial charge in [0.15, 0.2) is 0 Å². The highest BCUT2D eigenvalue weighted by Crippen LogP contribution is 2.37. The number of aromatic nitrogens is 3. The summed E-state index contributed by atoms with van der Waals surface area (Å²) in [7, 11) is -0.734. The molecule has 44 heavy (non-hydrogen) atoms. The molecule has 0 spiro atoms. The molecule has 234 valence electrons. The van der Waals surface area contributed by atoms with E-state index in [0.29, 0.717) is 59.5 Å².